The van der Waals surface area contributed by atoms with E-state index >= 15 is 0 Å². The summed E-state index contributed by atoms with van der Waals surface area (Å²) < 4.78 is 15.8. The first-order valence-corrected chi connectivity index (χ1v) is 10.2. The molecule has 0 aromatic rings. The molecule has 1 saturated heterocycles. The Hall–Kier alpha value is -1.05. The number of hydrogen-bond donors (Lipinski definition) is 1. The molecular formula is C19H26O6S. The number of esters is 2. The molecule has 0 radical (unpaired) electrons. The summed E-state index contributed by atoms with van der Waals surface area (Å²) in [6.45, 7) is 6.01. The molecule has 144 valence electrons. The third-order valence-corrected chi connectivity index (χ3v) is 8.07. The zero-order valence-corrected chi connectivity index (χ0v) is 16.4. The van der Waals surface area contributed by atoms with Gasteiger partial charge in [0.2, 0.25) is 6.29 Å². The van der Waals surface area contributed by atoms with Crippen LogP contribution in [-0.2, 0) is 23.8 Å². The van der Waals surface area contributed by atoms with Crippen LogP contribution in [0.25, 0.3) is 0 Å². The van der Waals surface area contributed by atoms with E-state index < -0.39 is 34.6 Å². The SMILES string of the molecule is COC1OC(=O)C=C2C3CCCC4(C)C(=O)OC(C34)C(O)C21SC(C)C. The molecule has 26 heavy (non-hydrogen) atoms. The molecule has 4 rings (SSSR count). The minimum absolute atomic E-state index is 0.00495. The van der Waals surface area contributed by atoms with Crippen molar-refractivity contribution in [2.45, 2.75) is 68.5 Å². The second-order valence-electron chi connectivity index (χ2n) is 8.32. The molecule has 0 spiro atoms. The number of aliphatic hydroxyl groups excluding tert-OH is 1. The highest BCUT2D eigenvalue weighted by Crippen LogP contribution is 2.64. The second-order valence-corrected chi connectivity index (χ2v) is 10.2. The van der Waals surface area contributed by atoms with E-state index in [4.69, 9.17) is 14.2 Å². The molecule has 0 aromatic carbocycles. The van der Waals surface area contributed by atoms with Gasteiger partial charge in [-0.3, -0.25) is 4.79 Å². The number of carbonyl (C=O) groups is 2. The molecule has 0 amide bonds. The Balaban J connectivity index is 1.91. The van der Waals surface area contributed by atoms with E-state index in [1.807, 2.05) is 20.8 Å². The Kier molecular flexibility index (Phi) is 4.21. The zero-order chi connectivity index (χ0) is 18.9. The molecular weight excluding hydrogens is 356 g/mol. The number of fused-ring (bicyclic) bond motifs is 2. The molecule has 2 aliphatic heterocycles. The van der Waals surface area contributed by atoms with Crippen LogP contribution in [0.1, 0.15) is 40.0 Å². The smallest absolute Gasteiger partial charge is 0.333 e. The summed E-state index contributed by atoms with van der Waals surface area (Å²) >= 11 is 1.53. The summed E-state index contributed by atoms with van der Waals surface area (Å²) in [5.74, 6) is -0.795. The normalized spacial score (nSPS) is 47.0. The average Bonchev–Trinajstić information content (AvgIpc) is 2.85. The van der Waals surface area contributed by atoms with Crippen molar-refractivity contribution in [3.63, 3.8) is 0 Å². The molecule has 7 unspecified atom stereocenters. The molecule has 7 heteroatoms. The number of methoxy groups -OCH3 is 1. The Morgan fingerprint density at radius 3 is 2.73 bits per heavy atom. The lowest BCUT2D eigenvalue weighted by Crippen LogP contribution is -2.67. The van der Waals surface area contributed by atoms with Crippen LogP contribution in [0.4, 0.5) is 0 Å². The average molecular weight is 382 g/mol. The van der Waals surface area contributed by atoms with Crippen molar-refractivity contribution < 1.29 is 28.9 Å². The standard InChI is InChI=1S/C19H26O6S/c1-9(2)26-19-11(8-12(20)24-17(19)23-4)10-6-5-7-18(3)13(10)14(15(19)21)25-16(18)22/h8-10,13-15,17,21H,5-7H2,1-4H3. The van der Waals surface area contributed by atoms with Crippen LogP contribution in [0.2, 0.25) is 0 Å². The third kappa shape index (κ3) is 2.20. The van der Waals surface area contributed by atoms with E-state index in [0.29, 0.717) is 0 Å². The number of carbonyl (C=O) groups excluding carboxylic acids is 2. The first-order valence-electron chi connectivity index (χ1n) is 9.28. The van der Waals surface area contributed by atoms with Crippen molar-refractivity contribution in [2.24, 2.45) is 17.3 Å². The van der Waals surface area contributed by atoms with E-state index in [2.05, 4.69) is 0 Å². The van der Waals surface area contributed by atoms with Crippen LogP contribution >= 0.6 is 11.8 Å². The maximum Gasteiger partial charge on any atom is 0.333 e. The lowest BCUT2D eigenvalue weighted by molar-refractivity contribution is -0.196. The van der Waals surface area contributed by atoms with Gasteiger partial charge in [-0.05, 0) is 31.3 Å². The van der Waals surface area contributed by atoms with Gasteiger partial charge in [0.15, 0.2) is 0 Å². The van der Waals surface area contributed by atoms with Crippen molar-refractivity contribution >= 4 is 23.7 Å². The fourth-order valence-corrected chi connectivity index (χ4v) is 7.27. The predicted octanol–water partition coefficient (Wildman–Crippen LogP) is 2.04. The highest BCUT2D eigenvalue weighted by molar-refractivity contribution is 8.01. The van der Waals surface area contributed by atoms with Crippen molar-refractivity contribution in [3.05, 3.63) is 11.6 Å². The minimum atomic E-state index is -0.996. The lowest BCUT2D eigenvalue weighted by atomic mass is 9.54. The Morgan fingerprint density at radius 2 is 2.08 bits per heavy atom. The Labute approximate surface area is 157 Å². The van der Waals surface area contributed by atoms with Gasteiger partial charge >= 0.3 is 11.9 Å². The van der Waals surface area contributed by atoms with Gasteiger partial charge in [-0.15, -0.1) is 11.8 Å². The number of cyclic esters (lactones) is 1. The molecule has 0 bridgehead atoms. The molecule has 4 aliphatic rings. The van der Waals surface area contributed by atoms with Crippen LogP contribution in [-0.4, -0.2) is 52.6 Å². The first-order chi connectivity index (χ1) is 12.3. The Morgan fingerprint density at radius 1 is 1.35 bits per heavy atom. The first kappa shape index (κ1) is 18.3. The van der Waals surface area contributed by atoms with E-state index in [1.54, 1.807) is 0 Å². The largest absolute Gasteiger partial charge is 0.459 e. The van der Waals surface area contributed by atoms with Crippen molar-refractivity contribution in [3.8, 4) is 0 Å². The number of hydrogen-bond acceptors (Lipinski definition) is 7. The van der Waals surface area contributed by atoms with Crippen LogP contribution in [0.3, 0.4) is 0 Å². The van der Waals surface area contributed by atoms with E-state index in [9.17, 15) is 14.7 Å². The minimum Gasteiger partial charge on any atom is -0.459 e. The van der Waals surface area contributed by atoms with Gasteiger partial charge in [0.05, 0.1) is 5.41 Å². The number of aliphatic hydroxyl groups is 1. The summed E-state index contributed by atoms with van der Waals surface area (Å²) in [5.41, 5.74) is 0.255. The van der Waals surface area contributed by atoms with Crippen LogP contribution in [0.15, 0.2) is 11.6 Å². The van der Waals surface area contributed by atoms with Crippen LogP contribution in [0.5, 0.6) is 0 Å². The zero-order valence-electron chi connectivity index (χ0n) is 15.6. The van der Waals surface area contributed by atoms with Crippen LogP contribution < -0.4 is 0 Å². The summed E-state index contributed by atoms with van der Waals surface area (Å²) in [6, 6.07) is 0. The predicted molar refractivity (Wildman–Crippen MR) is 95.3 cm³/mol. The fraction of sp³-hybridized carbons (Fsp3) is 0.789. The fourth-order valence-electron chi connectivity index (χ4n) is 5.61. The van der Waals surface area contributed by atoms with Gasteiger partial charge < -0.3 is 19.3 Å². The maximum absolute atomic E-state index is 12.7. The monoisotopic (exact) mass is 382 g/mol. The van der Waals surface area contributed by atoms with Crippen molar-refractivity contribution in [1.29, 1.82) is 0 Å². The second kappa shape index (κ2) is 5.97. The highest BCUT2D eigenvalue weighted by atomic mass is 32.2. The highest BCUT2D eigenvalue weighted by Gasteiger charge is 2.71. The molecule has 0 aromatic heterocycles. The van der Waals surface area contributed by atoms with E-state index in [-0.39, 0.29) is 23.1 Å². The Bertz CT molecular complexity index is 675. The van der Waals surface area contributed by atoms with Gasteiger partial charge in [-0.25, -0.2) is 4.79 Å². The lowest BCUT2D eigenvalue weighted by Gasteiger charge is -2.57. The number of ether oxygens (including phenoxy) is 3. The van der Waals surface area contributed by atoms with Gasteiger partial charge in [-0.2, -0.15) is 0 Å². The molecule has 1 N–H and O–H groups in total. The number of rotatable bonds is 3. The van der Waals surface area contributed by atoms with Gasteiger partial charge in [0, 0.05) is 24.4 Å². The van der Waals surface area contributed by atoms with Gasteiger partial charge in [0.25, 0.3) is 0 Å². The van der Waals surface area contributed by atoms with Gasteiger partial charge in [0.1, 0.15) is 17.0 Å². The molecule has 2 aliphatic carbocycles. The summed E-state index contributed by atoms with van der Waals surface area (Å²) in [5, 5.41) is 11.6. The molecule has 2 saturated carbocycles. The quantitative estimate of drug-likeness (QED) is 0.748. The molecule has 6 nitrogen and oxygen atoms in total. The van der Waals surface area contributed by atoms with Crippen molar-refractivity contribution in [2.75, 3.05) is 7.11 Å². The van der Waals surface area contributed by atoms with Crippen LogP contribution in [0, 0.1) is 17.3 Å². The topological polar surface area (TPSA) is 82.1 Å². The maximum atomic E-state index is 12.7. The number of thioether (sulfide) groups is 1. The van der Waals surface area contributed by atoms with Crippen molar-refractivity contribution in [1.82, 2.24) is 0 Å². The molecule has 2 heterocycles. The van der Waals surface area contributed by atoms with E-state index in [1.165, 1.54) is 24.9 Å². The van der Waals surface area contributed by atoms with E-state index in [0.717, 1.165) is 24.8 Å². The summed E-state index contributed by atoms with van der Waals surface area (Å²) in [7, 11) is 1.48. The molecule has 3 fully saturated rings. The summed E-state index contributed by atoms with van der Waals surface area (Å²) in [4.78, 5) is 24.9. The third-order valence-electron chi connectivity index (χ3n) is 6.54. The molecule has 7 atom stereocenters. The summed E-state index contributed by atoms with van der Waals surface area (Å²) in [6.07, 6.45) is 1.54. The van der Waals surface area contributed by atoms with Gasteiger partial charge in [-0.1, -0.05) is 20.3 Å².